The molecule has 0 saturated heterocycles. The monoisotopic (exact) mass is 607 g/mol. The van der Waals surface area contributed by atoms with Crippen LogP contribution in [-0.2, 0) is 30.8 Å². The second-order valence-electron chi connectivity index (χ2n) is 10.5. The summed E-state index contributed by atoms with van der Waals surface area (Å²) in [4.78, 5) is 35.4. The maximum Gasteiger partial charge on any atom is 0.326 e. The standard InChI is InChI=1S/C24H30N6O3.C11H11N/c31-23(30-21(24(32)33)5-3-11-25-17-22-28-14-15-29-22)19-8-6-18(7-9-19)10-13-26-16-20-4-1-2-12-27-20;12-8-10-6-3-5-9-4-1-2-7-11(9)10/h1-2,4,6-9,12,14-15,21,25-26H,3,5,10-11,13,16-17H2,(H,28,29)(H,30,31)(H,32,33);1-7H,8,12H2/t21-;/m0./s1. The lowest BCUT2D eigenvalue weighted by molar-refractivity contribution is -0.139. The zero-order valence-electron chi connectivity index (χ0n) is 25.3. The SMILES string of the molecule is NCc1cccc2ccccc12.O=C(N[C@@H](CCCNCc1ncc[nH]1)C(=O)O)c1ccc(CCNCc2ccccn2)cc1. The van der Waals surface area contributed by atoms with Gasteiger partial charge < -0.3 is 31.8 Å². The molecule has 0 radical (unpaired) electrons. The number of nitrogens with zero attached hydrogens (tertiary/aromatic N) is 2. The molecule has 5 aromatic rings. The van der Waals surface area contributed by atoms with Gasteiger partial charge in [0.25, 0.3) is 5.91 Å². The summed E-state index contributed by atoms with van der Waals surface area (Å²) >= 11 is 0. The van der Waals surface area contributed by atoms with Gasteiger partial charge in [-0.05, 0) is 78.5 Å². The Hall–Kier alpha value is -4.90. The molecule has 1 atom stereocenters. The van der Waals surface area contributed by atoms with Gasteiger partial charge in [0.05, 0.1) is 12.2 Å². The molecule has 5 rings (SSSR count). The van der Waals surface area contributed by atoms with E-state index < -0.39 is 12.0 Å². The van der Waals surface area contributed by atoms with Crippen LogP contribution in [0.15, 0.2) is 104 Å². The fraction of sp³-hybridized carbons (Fsp3) is 0.257. The fourth-order valence-corrected chi connectivity index (χ4v) is 4.78. The molecule has 10 heteroatoms. The van der Waals surface area contributed by atoms with E-state index in [1.54, 1.807) is 30.7 Å². The molecule has 7 N–H and O–H groups in total. The van der Waals surface area contributed by atoms with E-state index in [4.69, 9.17) is 5.73 Å². The number of carbonyl (C=O) groups excluding carboxylic acids is 1. The minimum atomic E-state index is -1.04. The average molecular weight is 608 g/mol. The van der Waals surface area contributed by atoms with Crippen molar-refractivity contribution in [2.45, 2.75) is 44.9 Å². The number of aliphatic carboxylic acids is 1. The molecule has 1 amide bonds. The number of imidazole rings is 1. The molecule has 0 spiro atoms. The first-order valence-corrected chi connectivity index (χ1v) is 15.1. The Morgan fingerprint density at radius 3 is 2.36 bits per heavy atom. The average Bonchev–Trinajstić information content (AvgIpc) is 3.60. The van der Waals surface area contributed by atoms with Crippen LogP contribution in [0.25, 0.3) is 10.8 Å². The number of fused-ring (bicyclic) bond motifs is 1. The number of carboxylic acids is 1. The predicted molar refractivity (Wildman–Crippen MR) is 176 cm³/mol. The van der Waals surface area contributed by atoms with Gasteiger partial charge in [-0.25, -0.2) is 9.78 Å². The van der Waals surface area contributed by atoms with Crippen molar-refractivity contribution in [3.8, 4) is 0 Å². The molecule has 0 aliphatic carbocycles. The van der Waals surface area contributed by atoms with E-state index in [1.165, 1.54) is 16.3 Å². The van der Waals surface area contributed by atoms with Crippen molar-refractivity contribution >= 4 is 22.6 Å². The van der Waals surface area contributed by atoms with Crippen LogP contribution >= 0.6 is 0 Å². The van der Waals surface area contributed by atoms with Gasteiger partial charge in [-0.15, -0.1) is 0 Å². The van der Waals surface area contributed by atoms with Crippen LogP contribution in [0.3, 0.4) is 0 Å². The molecule has 10 nitrogen and oxygen atoms in total. The summed E-state index contributed by atoms with van der Waals surface area (Å²) in [7, 11) is 0. The molecule has 234 valence electrons. The molecule has 3 aromatic carbocycles. The van der Waals surface area contributed by atoms with Crippen molar-refractivity contribution in [3.05, 3.63) is 132 Å². The summed E-state index contributed by atoms with van der Waals surface area (Å²) in [5.41, 5.74) is 9.36. The molecule has 0 aliphatic heterocycles. The Bertz CT molecular complexity index is 1590. The number of nitrogens with two attached hydrogens (primary N) is 1. The van der Waals surface area contributed by atoms with Gasteiger partial charge >= 0.3 is 5.97 Å². The number of benzene rings is 3. The summed E-state index contributed by atoms with van der Waals surface area (Å²) in [6.45, 7) is 3.32. The molecular formula is C35H41N7O3. The molecule has 2 aromatic heterocycles. The number of nitrogens with one attached hydrogen (secondary N) is 4. The number of hydrogen-bond acceptors (Lipinski definition) is 7. The van der Waals surface area contributed by atoms with Crippen molar-refractivity contribution < 1.29 is 14.7 Å². The first-order valence-electron chi connectivity index (χ1n) is 15.1. The van der Waals surface area contributed by atoms with Crippen molar-refractivity contribution in [2.75, 3.05) is 13.1 Å². The molecule has 45 heavy (non-hydrogen) atoms. The number of rotatable bonds is 15. The van der Waals surface area contributed by atoms with E-state index in [9.17, 15) is 14.7 Å². The van der Waals surface area contributed by atoms with Gasteiger partial charge in [0, 0.05) is 37.2 Å². The number of amides is 1. The quantitative estimate of drug-likeness (QED) is 0.0967. The van der Waals surface area contributed by atoms with E-state index in [1.807, 2.05) is 48.5 Å². The smallest absolute Gasteiger partial charge is 0.326 e. The Labute approximate surface area is 263 Å². The second kappa shape index (κ2) is 18.0. The Kier molecular flexibility index (Phi) is 13.2. The van der Waals surface area contributed by atoms with E-state index in [2.05, 4.69) is 55.2 Å². The third-order valence-corrected chi connectivity index (χ3v) is 7.24. The topological polar surface area (TPSA) is 158 Å². The summed E-state index contributed by atoms with van der Waals surface area (Å²) in [6.07, 6.45) is 6.97. The van der Waals surface area contributed by atoms with Crippen LogP contribution in [0, 0.1) is 0 Å². The first-order chi connectivity index (χ1) is 22.0. The molecule has 0 saturated carbocycles. The predicted octanol–water partition coefficient (Wildman–Crippen LogP) is 4.19. The van der Waals surface area contributed by atoms with Crippen LogP contribution in [0.4, 0.5) is 0 Å². The summed E-state index contributed by atoms with van der Waals surface area (Å²) in [5, 5.41) is 21.2. The first kappa shape index (κ1) is 33.0. The number of H-pyrrole nitrogens is 1. The minimum Gasteiger partial charge on any atom is -0.480 e. The van der Waals surface area contributed by atoms with Gasteiger partial charge in [0.2, 0.25) is 0 Å². The number of carbonyl (C=O) groups is 2. The van der Waals surface area contributed by atoms with Gasteiger partial charge in [0.15, 0.2) is 0 Å². The second-order valence-corrected chi connectivity index (χ2v) is 10.5. The maximum absolute atomic E-state index is 12.5. The molecular weight excluding hydrogens is 566 g/mol. The van der Waals surface area contributed by atoms with Crippen LogP contribution in [0.5, 0.6) is 0 Å². The van der Waals surface area contributed by atoms with E-state index >= 15 is 0 Å². The van der Waals surface area contributed by atoms with Crippen molar-refractivity contribution in [3.63, 3.8) is 0 Å². The van der Waals surface area contributed by atoms with Gasteiger partial charge in [-0.2, -0.15) is 0 Å². The number of pyridine rings is 1. The normalized spacial score (nSPS) is 11.4. The lowest BCUT2D eigenvalue weighted by Crippen LogP contribution is -2.41. The molecule has 0 bridgehead atoms. The third kappa shape index (κ3) is 11.0. The number of aromatic nitrogens is 3. The molecule has 0 fully saturated rings. The zero-order chi connectivity index (χ0) is 31.7. The zero-order valence-corrected chi connectivity index (χ0v) is 25.3. The van der Waals surface area contributed by atoms with Crippen LogP contribution in [0.2, 0.25) is 0 Å². The highest BCUT2D eigenvalue weighted by atomic mass is 16.4. The summed E-state index contributed by atoms with van der Waals surface area (Å²) in [5.74, 6) is -0.596. The molecule has 0 unspecified atom stereocenters. The number of carboxylic acid groups (broad SMARTS) is 1. The fourth-order valence-electron chi connectivity index (χ4n) is 4.78. The van der Waals surface area contributed by atoms with Crippen LogP contribution < -0.4 is 21.7 Å². The van der Waals surface area contributed by atoms with Crippen molar-refractivity contribution in [1.82, 2.24) is 30.9 Å². The van der Waals surface area contributed by atoms with Crippen LogP contribution in [0.1, 0.15) is 45.8 Å². The highest BCUT2D eigenvalue weighted by molar-refractivity contribution is 5.96. The summed E-state index contributed by atoms with van der Waals surface area (Å²) < 4.78 is 0. The summed E-state index contributed by atoms with van der Waals surface area (Å²) in [6, 6.07) is 26.7. The Balaban J connectivity index is 0.000000318. The van der Waals surface area contributed by atoms with Crippen LogP contribution in [-0.4, -0.2) is 51.1 Å². The number of aromatic amines is 1. The van der Waals surface area contributed by atoms with Gasteiger partial charge in [-0.1, -0.05) is 60.7 Å². The van der Waals surface area contributed by atoms with E-state index in [-0.39, 0.29) is 5.91 Å². The molecule has 2 heterocycles. The van der Waals surface area contributed by atoms with Gasteiger partial charge in [-0.3, -0.25) is 9.78 Å². The largest absolute Gasteiger partial charge is 0.480 e. The lowest BCUT2D eigenvalue weighted by Gasteiger charge is -2.15. The van der Waals surface area contributed by atoms with Crippen molar-refractivity contribution in [2.24, 2.45) is 5.73 Å². The Morgan fingerprint density at radius 1 is 0.844 bits per heavy atom. The number of hydrogen-bond donors (Lipinski definition) is 6. The maximum atomic E-state index is 12.5. The van der Waals surface area contributed by atoms with E-state index in [0.29, 0.717) is 44.6 Å². The minimum absolute atomic E-state index is 0.340. The highest BCUT2D eigenvalue weighted by Gasteiger charge is 2.20. The van der Waals surface area contributed by atoms with Gasteiger partial charge in [0.1, 0.15) is 11.9 Å². The Morgan fingerprint density at radius 2 is 1.62 bits per heavy atom. The molecule has 0 aliphatic rings. The third-order valence-electron chi connectivity index (χ3n) is 7.24. The lowest BCUT2D eigenvalue weighted by atomic mass is 10.1. The highest BCUT2D eigenvalue weighted by Crippen LogP contribution is 2.17. The van der Waals surface area contributed by atoms with Crippen molar-refractivity contribution in [1.29, 1.82) is 0 Å². The van der Waals surface area contributed by atoms with E-state index in [0.717, 1.165) is 30.0 Å².